The SMILES string of the molecule is c1ncc2cnn(CCN3CCCC3)c2n1. The van der Waals surface area contributed by atoms with Crippen LogP contribution in [0.15, 0.2) is 18.7 Å². The highest BCUT2D eigenvalue weighted by Crippen LogP contribution is 2.10. The van der Waals surface area contributed by atoms with Crippen molar-refractivity contribution in [1.82, 2.24) is 24.6 Å². The van der Waals surface area contributed by atoms with E-state index >= 15 is 0 Å². The largest absolute Gasteiger partial charge is 0.301 e. The summed E-state index contributed by atoms with van der Waals surface area (Å²) in [6.45, 7) is 4.45. The van der Waals surface area contributed by atoms with Gasteiger partial charge in [-0.15, -0.1) is 0 Å². The molecule has 5 heteroatoms. The van der Waals surface area contributed by atoms with Crippen LogP contribution >= 0.6 is 0 Å². The second-order valence-corrected chi connectivity index (χ2v) is 4.22. The van der Waals surface area contributed by atoms with Gasteiger partial charge in [0, 0.05) is 12.7 Å². The van der Waals surface area contributed by atoms with Gasteiger partial charge in [0.1, 0.15) is 6.33 Å². The van der Waals surface area contributed by atoms with Crippen LogP contribution in [0.25, 0.3) is 11.0 Å². The number of hydrogen-bond donors (Lipinski definition) is 0. The topological polar surface area (TPSA) is 46.8 Å². The summed E-state index contributed by atoms with van der Waals surface area (Å²) in [6.07, 6.45) is 7.89. The summed E-state index contributed by atoms with van der Waals surface area (Å²) in [5.74, 6) is 0. The lowest BCUT2D eigenvalue weighted by atomic mass is 10.4. The van der Waals surface area contributed by atoms with Gasteiger partial charge in [-0.3, -0.25) is 0 Å². The maximum absolute atomic E-state index is 4.34. The summed E-state index contributed by atoms with van der Waals surface area (Å²) in [5.41, 5.74) is 0.939. The third-order valence-corrected chi connectivity index (χ3v) is 3.13. The van der Waals surface area contributed by atoms with Gasteiger partial charge in [0.2, 0.25) is 0 Å². The predicted octanol–water partition coefficient (Wildman–Crippen LogP) is 0.922. The normalized spacial score (nSPS) is 17.2. The van der Waals surface area contributed by atoms with Crippen molar-refractivity contribution in [3.63, 3.8) is 0 Å². The zero-order chi connectivity index (χ0) is 10.8. The van der Waals surface area contributed by atoms with E-state index in [9.17, 15) is 0 Å². The van der Waals surface area contributed by atoms with E-state index in [1.807, 2.05) is 17.1 Å². The smallest absolute Gasteiger partial charge is 0.161 e. The molecule has 2 aromatic heterocycles. The molecule has 0 aliphatic carbocycles. The predicted molar refractivity (Wildman–Crippen MR) is 61.0 cm³/mol. The van der Waals surface area contributed by atoms with Gasteiger partial charge < -0.3 is 4.90 Å². The molecule has 3 heterocycles. The van der Waals surface area contributed by atoms with E-state index in [0.29, 0.717) is 0 Å². The zero-order valence-corrected chi connectivity index (χ0v) is 9.21. The first-order valence-electron chi connectivity index (χ1n) is 5.77. The molecule has 0 aromatic carbocycles. The molecule has 16 heavy (non-hydrogen) atoms. The minimum atomic E-state index is 0.917. The number of fused-ring (bicyclic) bond motifs is 1. The zero-order valence-electron chi connectivity index (χ0n) is 9.21. The molecule has 1 aliphatic rings. The van der Waals surface area contributed by atoms with Crippen molar-refractivity contribution in [1.29, 1.82) is 0 Å². The summed E-state index contributed by atoms with van der Waals surface area (Å²) in [7, 11) is 0. The lowest BCUT2D eigenvalue weighted by Gasteiger charge is -2.14. The lowest BCUT2D eigenvalue weighted by Crippen LogP contribution is -2.24. The van der Waals surface area contributed by atoms with Crippen molar-refractivity contribution in [2.24, 2.45) is 0 Å². The maximum atomic E-state index is 4.34. The molecule has 0 radical (unpaired) electrons. The Balaban J connectivity index is 1.73. The highest BCUT2D eigenvalue weighted by Gasteiger charge is 2.12. The highest BCUT2D eigenvalue weighted by atomic mass is 15.3. The average Bonchev–Trinajstić information content (AvgIpc) is 2.96. The van der Waals surface area contributed by atoms with Crippen molar-refractivity contribution in [3.05, 3.63) is 18.7 Å². The van der Waals surface area contributed by atoms with Crippen molar-refractivity contribution < 1.29 is 0 Å². The minimum absolute atomic E-state index is 0.917. The fourth-order valence-corrected chi connectivity index (χ4v) is 2.23. The third-order valence-electron chi connectivity index (χ3n) is 3.13. The van der Waals surface area contributed by atoms with Gasteiger partial charge in [-0.1, -0.05) is 0 Å². The molecule has 0 spiro atoms. The first kappa shape index (κ1) is 9.72. The van der Waals surface area contributed by atoms with E-state index in [2.05, 4.69) is 20.0 Å². The van der Waals surface area contributed by atoms with Crippen LogP contribution in [0.4, 0.5) is 0 Å². The van der Waals surface area contributed by atoms with Crippen LogP contribution in [0, 0.1) is 0 Å². The van der Waals surface area contributed by atoms with Crippen molar-refractivity contribution in [3.8, 4) is 0 Å². The summed E-state index contributed by atoms with van der Waals surface area (Å²) < 4.78 is 1.97. The Bertz CT molecular complexity index is 472. The molecule has 1 fully saturated rings. The Morgan fingerprint density at radius 2 is 2.00 bits per heavy atom. The quantitative estimate of drug-likeness (QED) is 0.767. The Morgan fingerprint density at radius 1 is 1.12 bits per heavy atom. The van der Waals surface area contributed by atoms with E-state index in [4.69, 9.17) is 0 Å². The first-order valence-corrected chi connectivity index (χ1v) is 5.77. The Labute approximate surface area is 94.1 Å². The van der Waals surface area contributed by atoms with Crippen LogP contribution in [0.5, 0.6) is 0 Å². The fraction of sp³-hybridized carbons (Fsp3) is 0.545. The second kappa shape index (κ2) is 4.17. The molecule has 1 saturated heterocycles. The highest BCUT2D eigenvalue weighted by molar-refractivity contribution is 5.72. The molecule has 0 bridgehead atoms. The molecule has 84 valence electrons. The van der Waals surface area contributed by atoms with E-state index in [0.717, 1.165) is 24.1 Å². The van der Waals surface area contributed by atoms with Crippen LogP contribution in [-0.4, -0.2) is 44.3 Å². The van der Waals surface area contributed by atoms with Crippen LogP contribution in [0.1, 0.15) is 12.8 Å². The van der Waals surface area contributed by atoms with Crippen LogP contribution in [0.3, 0.4) is 0 Å². The molecule has 0 N–H and O–H groups in total. The lowest BCUT2D eigenvalue weighted by molar-refractivity contribution is 0.317. The van der Waals surface area contributed by atoms with E-state index in [-0.39, 0.29) is 0 Å². The summed E-state index contributed by atoms with van der Waals surface area (Å²) in [6, 6.07) is 0. The number of hydrogen-bond acceptors (Lipinski definition) is 4. The Hall–Kier alpha value is -1.49. The summed E-state index contributed by atoms with van der Waals surface area (Å²) in [5, 5.41) is 5.36. The van der Waals surface area contributed by atoms with Crippen molar-refractivity contribution >= 4 is 11.0 Å². The third kappa shape index (κ3) is 1.78. The van der Waals surface area contributed by atoms with Gasteiger partial charge in [-0.2, -0.15) is 5.10 Å². The molecule has 1 aliphatic heterocycles. The molecule has 2 aromatic rings. The van der Waals surface area contributed by atoms with E-state index in [1.165, 1.54) is 25.9 Å². The molecule has 0 amide bonds. The van der Waals surface area contributed by atoms with Crippen LogP contribution < -0.4 is 0 Å². The molecule has 0 atom stereocenters. The van der Waals surface area contributed by atoms with Gasteiger partial charge in [0.25, 0.3) is 0 Å². The fourth-order valence-electron chi connectivity index (χ4n) is 2.23. The Kier molecular flexibility index (Phi) is 2.53. The molecule has 0 unspecified atom stereocenters. The standard InChI is InChI=1S/C11H15N5/c1-2-4-15(3-1)5-6-16-11-10(8-14-16)7-12-9-13-11/h7-9H,1-6H2. The van der Waals surface area contributed by atoms with Gasteiger partial charge in [0.05, 0.1) is 18.1 Å². The summed E-state index contributed by atoms with van der Waals surface area (Å²) >= 11 is 0. The molecular formula is C11H15N5. The molecule has 3 rings (SSSR count). The number of nitrogens with zero attached hydrogens (tertiary/aromatic N) is 5. The average molecular weight is 217 g/mol. The van der Waals surface area contributed by atoms with Gasteiger partial charge in [-0.25, -0.2) is 14.6 Å². The second-order valence-electron chi connectivity index (χ2n) is 4.22. The molecule has 5 nitrogen and oxygen atoms in total. The van der Waals surface area contributed by atoms with Crippen molar-refractivity contribution in [2.75, 3.05) is 19.6 Å². The monoisotopic (exact) mass is 217 g/mol. The van der Waals surface area contributed by atoms with Crippen LogP contribution in [-0.2, 0) is 6.54 Å². The van der Waals surface area contributed by atoms with Gasteiger partial charge in [-0.05, 0) is 25.9 Å². The van der Waals surface area contributed by atoms with E-state index in [1.54, 1.807) is 6.33 Å². The number of rotatable bonds is 3. The number of aromatic nitrogens is 4. The van der Waals surface area contributed by atoms with Gasteiger partial charge >= 0.3 is 0 Å². The molecule has 0 saturated carbocycles. The summed E-state index contributed by atoms with van der Waals surface area (Å²) in [4.78, 5) is 10.7. The van der Waals surface area contributed by atoms with Crippen LogP contribution in [0.2, 0.25) is 0 Å². The maximum Gasteiger partial charge on any atom is 0.161 e. The number of likely N-dealkylation sites (tertiary alicyclic amines) is 1. The van der Waals surface area contributed by atoms with Gasteiger partial charge in [0.15, 0.2) is 5.65 Å². The van der Waals surface area contributed by atoms with E-state index < -0.39 is 0 Å². The minimum Gasteiger partial charge on any atom is -0.301 e. The Morgan fingerprint density at radius 3 is 2.88 bits per heavy atom. The first-order chi connectivity index (χ1) is 7.93. The molecular weight excluding hydrogens is 202 g/mol. The van der Waals surface area contributed by atoms with Crippen molar-refractivity contribution in [2.45, 2.75) is 19.4 Å².